The summed E-state index contributed by atoms with van der Waals surface area (Å²) in [4.78, 5) is 25.9. The lowest BCUT2D eigenvalue weighted by molar-refractivity contribution is -0.115. The van der Waals surface area contributed by atoms with Crippen LogP contribution in [0.25, 0.3) is 11.0 Å². The summed E-state index contributed by atoms with van der Waals surface area (Å²) in [5.74, 6) is -0.236. The van der Waals surface area contributed by atoms with Crippen molar-refractivity contribution in [2.75, 3.05) is 5.32 Å². The van der Waals surface area contributed by atoms with Crippen LogP contribution in [0.15, 0.2) is 28.9 Å². The molecular weight excluding hydrogens is 372 g/mol. The summed E-state index contributed by atoms with van der Waals surface area (Å²) in [6.45, 7) is 4.27. The van der Waals surface area contributed by atoms with Crippen LogP contribution in [0.4, 0.5) is 5.00 Å². The second-order valence-corrected chi connectivity index (χ2v) is 8.78. The van der Waals surface area contributed by atoms with Gasteiger partial charge in [-0.3, -0.25) is 9.59 Å². The number of carbonyl (C=O) groups excluding carboxylic acids is 2. The second kappa shape index (κ2) is 7.43. The van der Waals surface area contributed by atoms with Crippen molar-refractivity contribution in [2.45, 2.75) is 51.9 Å². The Morgan fingerprint density at radius 2 is 2.04 bits per heavy atom. The van der Waals surface area contributed by atoms with Crippen molar-refractivity contribution in [1.29, 1.82) is 0 Å². The minimum absolute atomic E-state index is 0.168. The Balaban J connectivity index is 1.59. The van der Waals surface area contributed by atoms with E-state index in [9.17, 15) is 9.59 Å². The van der Waals surface area contributed by atoms with Crippen molar-refractivity contribution in [3.8, 4) is 0 Å². The summed E-state index contributed by atoms with van der Waals surface area (Å²) in [6, 6.07) is 6.09. The third-order valence-electron chi connectivity index (χ3n) is 5.37. The summed E-state index contributed by atoms with van der Waals surface area (Å²) in [5.41, 5.74) is 9.96. The number of amides is 2. The number of anilines is 1. The average molecular weight is 397 g/mol. The molecule has 0 aliphatic heterocycles. The smallest absolute Gasteiger partial charge is 0.251 e. The van der Waals surface area contributed by atoms with E-state index in [-0.39, 0.29) is 12.3 Å². The van der Waals surface area contributed by atoms with Gasteiger partial charge in [-0.15, -0.1) is 11.3 Å². The molecule has 5 nitrogen and oxygen atoms in total. The highest BCUT2D eigenvalue weighted by atomic mass is 32.1. The lowest BCUT2D eigenvalue weighted by atomic mass is 9.95. The van der Waals surface area contributed by atoms with Crippen LogP contribution in [0.3, 0.4) is 0 Å². The van der Waals surface area contributed by atoms with Crippen LogP contribution in [-0.4, -0.2) is 11.8 Å². The van der Waals surface area contributed by atoms with Gasteiger partial charge in [0.25, 0.3) is 5.91 Å². The summed E-state index contributed by atoms with van der Waals surface area (Å²) < 4.78 is 5.61. The highest BCUT2D eigenvalue weighted by Gasteiger charge is 2.25. The zero-order valence-corrected chi connectivity index (χ0v) is 16.9. The number of thiophene rings is 1. The van der Waals surface area contributed by atoms with Crippen molar-refractivity contribution >= 4 is 39.1 Å². The lowest BCUT2D eigenvalue weighted by Gasteiger charge is -2.11. The van der Waals surface area contributed by atoms with E-state index in [1.165, 1.54) is 21.8 Å². The average Bonchev–Trinajstić information content (AvgIpc) is 3.22. The molecule has 0 bridgehead atoms. The second-order valence-electron chi connectivity index (χ2n) is 7.68. The largest absolute Gasteiger partial charge is 0.464 e. The molecule has 2 amide bonds. The number of carbonyl (C=O) groups is 2. The van der Waals surface area contributed by atoms with Crippen LogP contribution in [0.5, 0.6) is 0 Å². The molecule has 1 aliphatic carbocycles. The first kappa shape index (κ1) is 18.7. The first-order valence-corrected chi connectivity index (χ1v) is 10.5. The predicted molar refractivity (Wildman–Crippen MR) is 112 cm³/mol. The van der Waals surface area contributed by atoms with Crippen molar-refractivity contribution in [3.05, 3.63) is 51.6 Å². The fourth-order valence-corrected chi connectivity index (χ4v) is 5.16. The maximum atomic E-state index is 12.7. The van der Waals surface area contributed by atoms with Gasteiger partial charge in [0, 0.05) is 15.8 Å². The van der Waals surface area contributed by atoms with Gasteiger partial charge in [0.2, 0.25) is 5.91 Å². The minimum Gasteiger partial charge on any atom is -0.464 e. The highest BCUT2D eigenvalue weighted by Crippen LogP contribution is 2.38. The first-order valence-electron chi connectivity index (χ1n) is 9.68. The molecule has 0 atom stereocenters. The number of rotatable bonds is 5. The Labute approximate surface area is 167 Å². The maximum Gasteiger partial charge on any atom is 0.251 e. The fraction of sp³-hybridized carbons (Fsp3) is 0.364. The summed E-state index contributed by atoms with van der Waals surface area (Å²) in [6.07, 6.45) is 5.79. The van der Waals surface area contributed by atoms with E-state index < -0.39 is 5.91 Å². The molecule has 4 rings (SSSR count). The Morgan fingerprint density at radius 1 is 1.25 bits per heavy atom. The number of nitrogens with two attached hydrogens (primary N) is 1. The SMILES string of the molecule is CC(C)c1ccc2occ(CC(=O)Nc3sc4c(c3C(N)=O)CCCC4)c2c1. The van der Waals surface area contributed by atoms with Gasteiger partial charge in [0.05, 0.1) is 18.2 Å². The molecule has 2 heterocycles. The van der Waals surface area contributed by atoms with Crippen molar-refractivity contribution in [1.82, 2.24) is 0 Å². The van der Waals surface area contributed by atoms with Gasteiger partial charge in [-0.2, -0.15) is 0 Å². The summed E-state index contributed by atoms with van der Waals surface area (Å²) in [7, 11) is 0. The zero-order chi connectivity index (χ0) is 19.8. The first-order chi connectivity index (χ1) is 13.4. The standard InChI is InChI=1S/C22H24N2O3S/c1-12(2)13-7-8-17-16(9-13)14(11-27-17)10-19(25)24-22-20(21(23)26)15-5-3-4-6-18(15)28-22/h7-9,11-12H,3-6,10H2,1-2H3,(H2,23,26)(H,24,25). The summed E-state index contributed by atoms with van der Waals surface area (Å²) in [5, 5.41) is 4.47. The van der Waals surface area contributed by atoms with Crippen LogP contribution in [-0.2, 0) is 24.1 Å². The predicted octanol–water partition coefficient (Wildman–Crippen LogP) is 4.78. The molecule has 3 N–H and O–H groups in total. The molecule has 0 radical (unpaired) electrons. The molecule has 28 heavy (non-hydrogen) atoms. The number of nitrogens with one attached hydrogen (secondary N) is 1. The molecule has 2 aromatic heterocycles. The van der Waals surface area contributed by atoms with Gasteiger partial charge in [0.1, 0.15) is 10.6 Å². The molecule has 146 valence electrons. The van der Waals surface area contributed by atoms with Crippen LogP contribution in [0.2, 0.25) is 0 Å². The van der Waals surface area contributed by atoms with Crippen molar-refractivity contribution in [2.24, 2.45) is 5.73 Å². The van der Waals surface area contributed by atoms with Crippen LogP contribution < -0.4 is 11.1 Å². The molecule has 3 aromatic rings. The third kappa shape index (κ3) is 3.44. The normalized spacial score (nSPS) is 13.7. The molecule has 1 aliphatic rings. The van der Waals surface area contributed by atoms with Gasteiger partial charge in [-0.05, 0) is 54.9 Å². The van der Waals surface area contributed by atoms with Gasteiger partial charge in [-0.25, -0.2) is 0 Å². The minimum atomic E-state index is -0.468. The van der Waals surface area contributed by atoms with Gasteiger partial charge in [0.15, 0.2) is 0 Å². The highest BCUT2D eigenvalue weighted by molar-refractivity contribution is 7.17. The molecule has 0 fully saturated rings. The van der Waals surface area contributed by atoms with Gasteiger partial charge in [-0.1, -0.05) is 19.9 Å². The molecule has 6 heteroatoms. The summed E-state index contributed by atoms with van der Waals surface area (Å²) >= 11 is 1.48. The lowest BCUT2D eigenvalue weighted by Crippen LogP contribution is -2.19. The number of fused-ring (bicyclic) bond motifs is 2. The van der Waals surface area contributed by atoms with Crippen LogP contribution in [0.1, 0.15) is 64.5 Å². The van der Waals surface area contributed by atoms with E-state index in [1.807, 2.05) is 6.07 Å². The van der Waals surface area contributed by atoms with Crippen molar-refractivity contribution < 1.29 is 14.0 Å². The van der Waals surface area contributed by atoms with E-state index in [0.29, 0.717) is 16.5 Å². The number of hydrogen-bond acceptors (Lipinski definition) is 4. The molecular formula is C22H24N2O3S. The van der Waals surface area contributed by atoms with E-state index in [2.05, 4.69) is 31.3 Å². The topological polar surface area (TPSA) is 85.3 Å². The molecule has 0 spiro atoms. The Bertz CT molecular complexity index is 1060. The van der Waals surface area contributed by atoms with Crippen LogP contribution in [0, 0.1) is 0 Å². The number of furan rings is 1. The molecule has 0 saturated carbocycles. The Hall–Kier alpha value is -2.60. The quantitative estimate of drug-likeness (QED) is 0.651. The number of hydrogen-bond donors (Lipinski definition) is 2. The number of primary amides is 1. The van der Waals surface area contributed by atoms with E-state index in [1.54, 1.807) is 6.26 Å². The van der Waals surface area contributed by atoms with Gasteiger partial charge < -0.3 is 15.5 Å². The fourth-order valence-electron chi connectivity index (χ4n) is 3.85. The molecule has 0 unspecified atom stereocenters. The monoisotopic (exact) mass is 396 g/mol. The molecule has 1 aromatic carbocycles. The number of aryl methyl sites for hydroxylation is 1. The van der Waals surface area contributed by atoms with E-state index >= 15 is 0 Å². The van der Waals surface area contributed by atoms with E-state index in [0.717, 1.165) is 47.8 Å². The number of benzene rings is 1. The zero-order valence-electron chi connectivity index (χ0n) is 16.1. The van der Waals surface area contributed by atoms with Crippen molar-refractivity contribution in [3.63, 3.8) is 0 Å². The maximum absolute atomic E-state index is 12.7. The van der Waals surface area contributed by atoms with Crippen LogP contribution >= 0.6 is 11.3 Å². The Morgan fingerprint density at radius 3 is 2.79 bits per heavy atom. The molecule has 0 saturated heterocycles. The van der Waals surface area contributed by atoms with Gasteiger partial charge >= 0.3 is 0 Å². The third-order valence-corrected chi connectivity index (χ3v) is 6.57. The van der Waals surface area contributed by atoms with E-state index in [4.69, 9.17) is 10.2 Å². The Kier molecular flexibility index (Phi) is 4.98.